The third kappa shape index (κ3) is 6.25. The van der Waals surface area contributed by atoms with Gasteiger partial charge >= 0.3 is 6.61 Å². The van der Waals surface area contributed by atoms with E-state index in [0.717, 1.165) is 19.6 Å². The molecule has 1 amide bonds. The summed E-state index contributed by atoms with van der Waals surface area (Å²) in [6, 6.07) is 8.59. The van der Waals surface area contributed by atoms with Crippen molar-refractivity contribution in [2.75, 3.05) is 32.8 Å². The van der Waals surface area contributed by atoms with Crippen LogP contribution in [0.15, 0.2) is 48.8 Å². The molecule has 2 heterocycles. The Hall–Kier alpha value is -3.00. The second-order valence-electron chi connectivity index (χ2n) is 6.81. The highest BCUT2D eigenvalue weighted by Gasteiger charge is 2.19. The number of pyridine rings is 1. The SMILES string of the molecule is CCOc1cc(/C=C/C(=O)N2CCN(Cc3ccncc3)CC2)ccc1OC(F)F. The molecular formula is C22H25F2N3O3. The van der Waals surface area contributed by atoms with Gasteiger partial charge in [0.05, 0.1) is 6.61 Å². The van der Waals surface area contributed by atoms with Crippen LogP contribution in [0.4, 0.5) is 8.78 Å². The molecule has 6 nitrogen and oxygen atoms in total. The molecule has 1 aromatic carbocycles. The number of ether oxygens (including phenoxy) is 2. The van der Waals surface area contributed by atoms with Crippen LogP contribution in [0, 0.1) is 0 Å². The first kappa shape index (κ1) is 21.7. The number of hydrogen-bond acceptors (Lipinski definition) is 5. The zero-order chi connectivity index (χ0) is 21.3. The quantitative estimate of drug-likeness (QED) is 0.616. The molecule has 0 N–H and O–H groups in total. The number of aromatic nitrogens is 1. The highest BCUT2D eigenvalue weighted by Crippen LogP contribution is 2.30. The Labute approximate surface area is 174 Å². The molecule has 0 atom stereocenters. The van der Waals surface area contributed by atoms with E-state index in [2.05, 4.69) is 14.6 Å². The number of rotatable bonds is 8. The van der Waals surface area contributed by atoms with Crippen molar-refractivity contribution in [2.45, 2.75) is 20.1 Å². The van der Waals surface area contributed by atoms with Gasteiger partial charge in [-0.25, -0.2) is 0 Å². The summed E-state index contributed by atoms with van der Waals surface area (Å²) in [4.78, 5) is 20.6. The fourth-order valence-electron chi connectivity index (χ4n) is 3.24. The molecule has 1 aliphatic rings. The van der Waals surface area contributed by atoms with Gasteiger partial charge in [0, 0.05) is 51.2 Å². The number of carbonyl (C=O) groups excluding carboxylic acids is 1. The molecule has 0 spiro atoms. The molecule has 3 rings (SSSR count). The average molecular weight is 417 g/mol. The Kier molecular flexibility index (Phi) is 7.73. The van der Waals surface area contributed by atoms with Crippen LogP contribution in [0.5, 0.6) is 11.5 Å². The van der Waals surface area contributed by atoms with Crippen molar-refractivity contribution in [3.8, 4) is 11.5 Å². The van der Waals surface area contributed by atoms with Crippen molar-refractivity contribution in [1.29, 1.82) is 0 Å². The first-order valence-corrected chi connectivity index (χ1v) is 9.85. The van der Waals surface area contributed by atoms with E-state index in [1.165, 1.54) is 17.7 Å². The lowest BCUT2D eigenvalue weighted by Gasteiger charge is -2.34. The molecule has 0 saturated carbocycles. The predicted molar refractivity (Wildman–Crippen MR) is 109 cm³/mol. The van der Waals surface area contributed by atoms with Crippen LogP contribution in [0.25, 0.3) is 6.08 Å². The Morgan fingerprint density at radius 3 is 2.53 bits per heavy atom. The van der Waals surface area contributed by atoms with E-state index >= 15 is 0 Å². The minimum absolute atomic E-state index is 0.0272. The van der Waals surface area contributed by atoms with E-state index in [1.54, 1.807) is 42.4 Å². The molecule has 1 fully saturated rings. The maximum Gasteiger partial charge on any atom is 0.387 e. The highest BCUT2D eigenvalue weighted by molar-refractivity contribution is 5.92. The average Bonchev–Trinajstić information content (AvgIpc) is 2.75. The maximum absolute atomic E-state index is 12.5. The standard InChI is InChI=1S/C22H25F2N3O3/c1-2-29-20-15-17(3-5-19(20)30-22(23)24)4-6-21(28)27-13-11-26(12-14-27)16-18-7-9-25-10-8-18/h3-10,15,22H,2,11-14,16H2,1H3/b6-4+. The minimum Gasteiger partial charge on any atom is -0.490 e. The lowest BCUT2D eigenvalue weighted by Crippen LogP contribution is -2.47. The molecule has 30 heavy (non-hydrogen) atoms. The van der Waals surface area contributed by atoms with E-state index in [0.29, 0.717) is 25.3 Å². The number of benzene rings is 1. The van der Waals surface area contributed by atoms with Crippen molar-refractivity contribution in [1.82, 2.24) is 14.8 Å². The number of piperazine rings is 1. The maximum atomic E-state index is 12.5. The molecule has 1 aromatic heterocycles. The Morgan fingerprint density at radius 1 is 1.13 bits per heavy atom. The Balaban J connectivity index is 1.55. The van der Waals surface area contributed by atoms with E-state index in [9.17, 15) is 13.6 Å². The molecule has 8 heteroatoms. The molecular weight excluding hydrogens is 392 g/mol. The van der Waals surface area contributed by atoms with Crippen molar-refractivity contribution >= 4 is 12.0 Å². The first-order valence-electron chi connectivity index (χ1n) is 9.85. The molecule has 1 aliphatic heterocycles. The highest BCUT2D eigenvalue weighted by atomic mass is 19.3. The summed E-state index contributed by atoms with van der Waals surface area (Å²) in [5, 5.41) is 0. The smallest absolute Gasteiger partial charge is 0.387 e. The van der Waals surface area contributed by atoms with Crippen LogP contribution in [0.1, 0.15) is 18.1 Å². The van der Waals surface area contributed by atoms with Gasteiger partial charge in [0.15, 0.2) is 11.5 Å². The van der Waals surface area contributed by atoms with Gasteiger partial charge in [0.2, 0.25) is 5.91 Å². The van der Waals surface area contributed by atoms with Crippen LogP contribution < -0.4 is 9.47 Å². The normalized spacial score (nSPS) is 15.0. The monoisotopic (exact) mass is 417 g/mol. The summed E-state index contributed by atoms with van der Waals surface area (Å²) in [5.74, 6) is 0.113. The molecule has 2 aromatic rings. The van der Waals surface area contributed by atoms with Crippen molar-refractivity contribution in [2.24, 2.45) is 0 Å². The summed E-state index contributed by atoms with van der Waals surface area (Å²) in [5.41, 5.74) is 1.87. The zero-order valence-electron chi connectivity index (χ0n) is 16.8. The lowest BCUT2D eigenvalue weighted by atomic mass is 10.1. The number of halogens is 2. The van der Waals surface area contributed by atoms with Crippen LogP contribution in [0.3, 0.4) is 0 Å². The fraction of sp³-hybridized carbons (Fsp3) is 0.364. The van der Waals surface area contributed by atoms with E-state index in [1.807, 2.05) is 12.1 Å². The minimum atomic E-state index is -2.93. The van der Waals surface area contributed by atoms with Crippen LogP contribution in [0.2, 0.25) is 0 Å². The number of carbonyl (C=O) groups is 1. The van der Waals surface area contributed by atoms with Gasteiger partial charge in [-0.1, -0.05) is 6.07 Å². The van der Waals surface area contributed by atoms with E-state index in [4.69, 9.17) is 4.74 Å². The van der Waals surface area contributed by atoms with Gasteiger partial charge < -0.3 is 14.4 Å². The van der Waals surface area contributed by atoms with Gasteiger partial charge in [-0.3, -0.25) is 14.7 Å². The van der Waals surface area contributed by atoms with Gasteiger partial charge in [0.1, 0.15) is 0 Å². The summed E-state index contributed by atoms with van der Waals surface area (Å²) >= 11 is 0. The lowest BCUT2D eigenvalue weighted by molar-refractivity contribution is -0.127. The van der Waals surface area contributed by atoms with E-state index < -0.39 is 6.61 Å². The topological polar surface area (TPSA) is 54.9 Å². The summed E-state index contributed by atoms with van der Waals surface area (Å²) in [7, 11) is 0. The van der Waals surface area contributed by atoms with E-state index in [-0.39, 0.29) is 17.4 Å². The summed E-state index contributed by atoms with van der Waals surface area (Å²) in [6.45, 7) is 2.89. The molecule has 0 aliphatic carbocycles. The Bertz CT molecular complexity index is 854. The Morgan fingerprint density at radius 2 is 1.87 bits per heavy atom. The van der Waals surface area contributed by atoms with Gasteiger partial charge in [0.25, 0.3) is 0 Å². The molecule has 0 unspecified atom stereocenters. The second-order valence-corrected chi connectivity index (χ2v) is 6.81. The largest absolute Gasteiger partial charge is 0.490 e. The van der Waals surface area contributed by atoms with Crippen molar-refractivity contribution in [3.63, 3.8) is 0 Å². The summed E-state index contributed by atoms with van der Waals surface area (Å²) in [6.07, 6.45) is 6.71. The number of alkyl halides is 2. The summed E-state index contributed by atoms with van der Waals surface area (Å²) < 4.78 is 34.8. The van der Waals surface area contributed by atoms with Gasteiger partial charge in [-0.15, -0.1) is 0 Å². The molecule has 0 bridgehead atoms. The van der Waals surface area contributed by atoms with Crippen LogP contribution in [-0.2, 0) is 11.3 Å². The van der Waals surface area contributed by atoms with Gasteiger partial charge in [-0.05, 0) is 48.4 Å². The third-order valence-corrected chi connectivity index (χ3v) is 4.74. The zero-order valence-corrected chi connectivity index (χ0v) is 16.8. The molecule has 0 radical (unpaired) electrons. The molecule has 1 saturated heterocycles. The molecule has 160 valence electrons. The van der Waals surface area contributed by atoms with Gasteiger partial charge in [-0.2, -0.15) is 8.78 Å². The number of amides is 1. The van der Waals surface area contributed by atoms with Crippen molar-refractivity contribution < 1.29 is 23.0 Å². The van der Waals surface area contributed by atoms with Crippen LogP contribution >= 0.6 is 0 Å². The predicted octanol–water partition coefficient (Wildman–Crippen LogP) is 3.44. The first-order chi connectivity index (χ1) is 14.5. The second kappa shape index (κ2) is 10.7. The van der Waals surface area contributed by atoms with Crippen LogP contribution in [-0.4, -0.2) is 60.1 Å². The number of hydrogen-bond donors (Lipinski definition) is 0. The fourth-order valence-corrected chi connectivity index (χ4v) is 3.24. The number of nitrogens with zero attached hydrogens (tertiary/aromatic N) is 3. The third-order valence-electron chi connectivity index (χ3n) is 4.74. The van der Waals surface area contributed by atoms with Crippen molar-refractivity contribution in [3.05, 3.63) is 59.9 Å².